The third-order valence-corrected chi connectivity index (χ3v) is 9.87. The number of fused-ring (bicyclic) bond motifs is 1. The van der Waals surface area contributed by atoms with Crippen molar-refractivity contribution in [3.05, 3.63) is 58.7 Å². The minimum atomic E-state index is -3.19. The topological polar surface area (TPSA) is 108 Å². The largest absolute Gasteiger partial charge is 0.495 e. The fourth-order valence-corrected chi connectivity index (χ4v) is 7.97. The molecule has 0 saturated carbocycles. The van der Waals surface area contributed by atoms with Crippen molar-refractivity contribution in [3.8, 4) is 16.9 Å². The van der Waals surface area contributed by atoms with Crippen LogP contribution in [-0.4, -0.2) is 47.6 Å². The molecule has 2 atom stereocenters. The molecule has 6 rings (SSSR count). The highest BCUT2D eigenvalue weighted by atomic mass is 35.5. The Bertz CT molecular complexity index is 1690. The molecule has 204 valence electrons. The number of carbonyl (C=O) groups excluding carboxylic acids is 1. The van der Waals surface area contributed by atoms with Gasteiger partial charge in [0, 0.05) is 23.7 Å². The van der Waals surface area contributed by atoms with Gasteiger partial charge < -0.3 is 18.7 Å². The molecule has 11 heteroatoms. The number of rotatable bonds is 5. The monoisotopic (exact) mass is 568 g/mol. The van der Waals surface area contributed by atoms with E-state index in [0.717, 1.165) is 34.3 Å². The minimum absolute atomic E-state index is 0.0347. The molecule has 39 heavy (non-hydrogen) atoms. The maximum absolute atomic E-state index is 13.2. The van der Waals surface area contributed by atoms with Crippen LogP contribution in [0.3, 0.4) is 0 Å². The number of benzene rings is 2. The first-order valence-corrected chi connectivity index (χ1v) is 15.2. The van der Waals surface area contributed by atoms with Gasteiger partial charge in [0.15, 0.2) is 9.84 Å². The summed E-state index contributed by atoms with van der Waals surface area (Å²) in [5, 5.41) is 4.49. The summed E-state index contributed by atoms with van der Waals surface area (Å²) in [5.74, 6) is 2.13. The lowest BCUT2D eigenvalue weighted by Crippen LogP contribution is -2.32. The SMILES string of the molecule is COc1ccc(N2C(=O)CC[C@H]2c2nc3cc(-c4c(C)noc4C)ccc3n2C2CCCS(=O)(=O)C2)cc1Cl. The van der Waals surface area contributed by atoms with E-state index in [4.69, 9.17) is 25.8 Å². The average Bonchev–Trinajstić information content (AvgIpc) is 3.56. The lowest BCUT2D eigenvalue weighted by molar-refractivity contribution is -0.117. The number of aryl methyl sites for hydroxylation is 2. The standard InChI is InChI=1S/C28H29ClN4O5S/c1-16-27(17(2)38-31-16)18-6-8-23-22(13-18)30-28(33(23)20-5-4-12-39(35,36)15-20)24-9-11-26(34)32(24)19-7-10-25(37-3)21(29)14-19/h6-8,10,13-14,20,24H,4-5,9,11-12,15H2,1-3H3/t20?,24-/m0/s1. The Balaban J connectivity index is 1.52. The van der Waals surface area contributed by atoms with Crippen LogP contribution in [0.15, 0.2) is 40.9 Å². The maximum atomic E-state index is 13.2. The van der Waals surface area contributed by atoms with Gasteiger partial charge in [-0.1, -0.05) is 22.8 Å². The molecule has 4 heterocycles. The molecule has 1 amide bonds. The Morgan fingerprint density at radius 1 is 1.13 bits per heavy atom. The molecule has 2 aliphatic heterocycles. The number of hydrogen-bond acceptors (Lipinski definition) is 7. The Labute approximate surface area is 231 Å². The van der Waals surface area contributed by atoms with Crippen LogP contribution in [0.25, 0.3) is 22.2 Å². The van der Waals surface area contributed by atoms with Crippen molar-refractivity contribution in [1.29, 1.82) is 0 Å². The average molecular weight is 569 g/mol. The van der Waals surface area contributed by atoms with E-state index < -0.39 is 9.84 Å². The molecule has 1 unspecified atom stereocenters. The number of methoxy groups -OCH3 is 1. The Morgan fingerprint density at radius 2 is 1.95 bits per heavy atom. The lowest BCUT2D eigenvalue weighted by Gasteiger charge is -2.30. The highest BCUT2D eigenvalue weighted by Crippen LogP contribution is 2.42. The predicted octanol–water partition coefficient (Wildman–Crippen LogP) is 5.59. The zero-order valence-corrected chi connectivity index (χ0v) is 23.6. The molecule has 0 bridgehead atoms. The molecule has 9 nitrogen and oxygen atoms in total. The molecule has 2 saturated heterocycles. The van der Waals surface area contributed by atoms with Crippen LogP contribution in [0, 0.1) is 13.8 Å². The first-order chi connectivity index (χ1) is 18.7. The van der Waals surface area contributed by atoms with E-state index in [0.29, 0.717) is 47.3 Å². The van der Waals surface area contributed by atoms with E-state index >= 15 is 0 Å². The summed E-state index contributed by atoms with van der Waals surface area (Å²) >= 11 is 6.43. The smallest absolute Gasteiger partial charge is 0.227 e. The summed E-state index contributed by atoms with van der Waals surface area (Å²) in [4.78, 5) is 20.0. The maximum Gasteiger partial charge on any atom is 0.227 e. The molecule has 2 fully saturated rings. The first-order valence-electron chi connectivity index (χ1n) is 13.0. The summed E-state index contributed by atoms with van der Waals surface area (Å²) in [6.07, 6.45) is 2.22. The van der Waals surface area contributed by atoms with Crippen LogP contribution < -0.4 is 9.64 Å². The molecular formula is C28H29ClN4O5S. The van der Waals surface area contributed by atoms with Gasteiger partial charge in [-0.05, 0) is 69.0 Å². The molecule has 2 aromatic carbocycles. The van der Waals surface area contributed by atoms with Crippen LogP contribution in [0.1, 0.15) is 55.0 Å². The van der Waals surface area contributed by atoms with Crippen LogP contribution in [0.2, 0.25) is 5.02 Å². The van der Waals surface area contributed by atoms with Crippen LogP contribution in [0.4, 0.5) is 5.69 Å². The first kappa shape index (κ1) is 25.9. The molecule has 0 N–H and O–H groups in total. The number of ether oxygens (including phenoxy) is 1. The number of aromatic nitrogens is 3. The van der Waals surface area contributed by atoms with Gasteiger partial charge in [-0.3, -0.25) is 4.79 Å². The van der Waals surface area contributed by atoms with Crippen molar-refractivity contribution in [3.63, 3.8) is 0 Å². The van der Waals surface area contributed by atoms with E-state index in [1.807, 2.05) is 38.1 Å². The molecule has 0 radical (unpaired) electrons. The van der Waals surface area contributed by atoms with Crippen molar-refractivity contribution in [2.75, 3.05) is 23.5 Å². The van der Waals surface area contributed by atoms with Gasteiger partial charge in [0.25, 0.3) is 0 Å². The van der Waals surface area contributed by atoms with Gasteiger partial charge in [0.1, 0.15) is 17.3 Å². The molecule has 0 aliphatic carbocycles. The van der Waals surface area contributed by atoms with E-state index in [1.165, 1.54) is 0 Å². The summed E-state index contributed by atoms with van der Waals surface area (Å²) in [6, 6.07) is 10.6. The van der Waals surface area contributed by atoms with E-state index in [-0.39, 0.29) is 29.5 Å². The summed E-state index contributed by atoms with van der Waals surface area (Å²) in [5.41, 5.74) is 4.85. The van der Waals surface area contributed by atoms with Crippen LogP contribution >= 0.6 is 11.6 Å². The number of imidazole rings is 1. The van der Waals surface area contributed by atoms with Crippen molar-refractivity contribution < 1.29 is 22.5 Å². The summed E-state index contributed by atoms with van der Waals surface area (Å²) in [6.45, 7) is 3.77. The van der Waals surface area contributed by atoms with Gasteiger partial charge in [-0.15, -0.1) is 0 Å². The van der Waals surface area contributed by atoms with Crippen LogP contribution in [-0.2, 0) is 14.6 Å². The fraction of sp³-hybridized carbons (Fsp3) is 0.393. The van der Waals surface area contributed by atoms with Gasteiger partial charge in [0.05, 0.1) is 46.4 Å². The fourth-order valence-electron chi connectivity index (χ4n) is 6.05. The van der Waals surface area contributed by atoms with E-state index in [2.05, 4.69) is 9.72 Å². The highest BCUT2D eigenvalue weighted by Gasteiger charge is 2.39. The number of halogens is 1. The summed E-state index contributed by atoms with van der Waals surface area (Å²) in [7, 11) is -1.65. The molecule has 2 aliphatic rings. The second kappa shape index (κ2) is 9.67. The van der Waals surface area contributed by atoms with Crippen LogP contribution in [0.5, 0.6) is 5.75 Å². The predicted molar refractivity (Wildman–Crippen MR) is 149 cm³/mol. The van der Waals surface area contributed by atoms with Crippen molar-refractivity contribution in [1.82, 2.24) is 14.7 Å². The second-order valence-corrected chi connectivity index (χ2v) is 12.9. The third kappa shape index (κ3) is 4.49. The van der Waals surface area contributed by atoms with Gasteiger partial charge in [0.2, 0.25) is 5.91 Å². The van der Waals surface area contributed by atoms with Crippen molar-refractivity contribution >= 4 is 44.1 Å². The van der Waals surface area contributed by atoms with E-state index in [1.54, 1.807) is 24.1 Å². The zero-order valence-electron chi connectivity index (χ0n) is 22.0. The quantitative estimate of drug-likeness (QED) is 0.309. The number of sulfone groups is 1. The Hall–Kier alpha value is -3.37. The second-order valence-electron chi connectivity index (χ2n) is 10.3. The third-order valence-electron chi connectivity index (χ3n) is 7.77. The lowest BCUT2D eigenvalue weighted by atomic mass is 10.0. The normalized spacial score (nSPS) is 21.1. The number of anilines is 1. The van der Waals surface area contributed by atoms with Crippen molar-refractivity contribution in [2.24, 2.45) is 0 Å². The van der Waals surface area contributed by atoms with Gasteiger partial charge >= 0.3 is 0 Å². The molecule has 4 aromatic rings. The van der Waals surface area contributed by atoms with E-state index in [9.17, 15) is 13.2 Å². The number of hydrogen-bond donors (Lipinski definition) is 0. The number of carbonyl (C=O) groups is 1. The van der Waals surface area contributed by atoms with Crippen molar-refractivity contribution in [2.45, 2.75) is 51.6 Å². The molecule has 0 spiro atoms. The Morgan fingerprint density at radius 3 is 2.64 bits per heavy atom. The minimum Gasteiger partial charge on any atom is -0.495 e. The number of amides is 1. The van der Waals surface area contributed by atoms with Gasteiger partial charge in [-0.2, -0.15) is 0 Å². The van der Waals surface area contributed by atoms with Gasteiger partial charge in [-0.25, -0.2) is 13.4 Å². The molecule has 2 aromatic heterocycles. The molecular weight excluding hydrogens is 540 g/mol. The highest BCUT2D eigenvalue weighted by molar-refractivity contribution is 7.91. The zero-order chi connectivity index (χ0) is 27.5. The summed E-state index contributed by atoms with van der Waals surface area (Å²) < 4.78 is 38.1. The Kier molecular flexibility index (Phi) is 6.42. The number of nitrogens with zero attached hydrogens (tertiary/aromatic N) is 4.